The van der Waals surface area contributed by atoms with Crippen LogP contribution in [0.3, 0.4) is 0 Å². The van der Waals surface area contributed by atoms with E-state index in [0.717, 1.165) is 75.1 Å². The topological polar surface area (TPSA) is 149 Å². The first-order chi connectivity index (χ1) is 25.8. The van der Waals surface area contributed by atoms with Gasteiger partial charge < -0.3 is 20.4 Å². The lowest BCUT2D eigenvalue weighted by molar-refractivity contribution is 0.447. The number of piperazine rings is 2. The summed E-state index contributed by atoms with van der Waals surface area (Å²) in [6.45, 7) is 13.3. The molecule has 6 rings (SSSR count). The van der Waals surface area contributed by atoms with Gasteiger partial charge in [0.15, 0.2) is 0 Å². The number of hydrogen-bond donors (Lipinski definition) is 4. The standard InChI is InChI=1S/2C19H25FN4O2S/c2*1-14(13-20)16-3-5-17(6-4-16)27(25,26)23-18-7-8-19(22-15(18)2)24-11-9-21-10-12-24/h2*3-8,14,21,23H,9-13H2,1-2H3/t2*14-/m10/s1. The summed E-state index contributed by atoms with van der Waals surface area (Å²) in [6, 6.07) is 19.8. The predicted octanol–water partition coefficient (Wildman–Crippen LogP) is 5.35. The number of nitrogens with one attached hydrogen (secondary N) is 4. The molecule has 0 unspecified atom stereocenters. The molecule has 12 nitrogen and oxygen atoms in total. The zero-order valence-electron chi connectivity index (χ0n) is 31.1. The molecule has 0 bridgehead atoms. The zero-order valence-corrected chi connectivity index (χ0v) is 32.8. The Hall–Kier alpha value is -4.38. The summed E-state index contributed by atoms with van der Waals surface area (Å²) in [6.07, 6.45) is 0. The fourth-order valence-electron chi connectivity index (χ4n) is 5.99. The van der Waals surface area contributed by atoms with E-state index in [-0.39, 0.29) is 21.6 Å². The SMILES string of the molecule is Cc1nc(N2CCNCC2)ccc1NS(=O)(=O)c1ccc([C@@H](C)CF)cc1.Cc1nc(N2CCNCC2)ccc1NS(=O)(=O)c1ccc([C@H](C)CF)cc1. The Morgan fingerprint density at radius 3 is 1.22 bits per heavy atom. The summed E-state index contributed by atoms with van der Waals surface area (Å²) in [5.41, 5.74) is 3.70. The van der Waals surface area contributed by atoms with Crippen LogP contribution in [0.4, 0.5) is 31.8 Å². The van der Waals surface area contributed by atoms with Crippen LogP contribution in [-0.4, -0.2) is 92.5 Å². The minimum atomic E-state index is -3.73. The lowest BCUT2D eigenvalue weighted by Crippen LogP contribution is -2.43. The number of nitrogens with zero attached hydrogens (tertiary/aromatic N) is 4. The van der Waals surface area contributed by atoms with Crippen molar-refractivity contribution in [1.82, 2.24) is 20.6 Å². The predicted molar refractivity (Wildman–Crippen MR) is 211 cm³/mol. The van der Waals surface area contributed by atoms with Crippen LogP contribution in [-0.2, 0) is 20.0 Å². The highest BCUT2D eigenvalue weighted by atomic mass is 32.2. The van der Waals surface area contributed by atoms with Gasteiger partial charge in [-0.25, -0.2) is 26.8 Å². The van der Waals surface area contributed by atoms with E-state index in [1.54, 1.807) is 64.1 Å². The molecule has 0 spiro atoms. The van der Waals surface area contributed by atoms with Crippen molar-refractivity contribution in [2.45, 2.75) is 49.3 Å². The third-order valence-electron chi connectivity index (χ3n) is 9.49. The number of benzene rings is 2. The first-order valence-corrected chi connectivity index (χ1v) is 21.0. The summed E-state index contributed by atoms with van der Waals surface area (Å²) >= 11 is 0. The van der Waals surface area contributed by atoms with Crippen molar-refractivity contribution in [3.63, 3.8) is 0 Å². The van der Waals surface area contributed by atoms with Crippen molar-refractivity contribution in [2.24, 2.45) is 0 Å². The molecule has 4 aromatic rings. The van der Waals surface area contributed by atoms with Gasteiger partial charge in [-0.15, -0.1) is 0 Å². The van der Waals surface area contributed by atoms with Gasteiger partial charge in [-0.1, -0.05) is 38.1 Å². The molecule has 0 aliphatic carbocycles. The average Bonchev–Trinajstić information content (AvgIpc) is 3.19. The van der Waals surface area contributed by atoms with E-state index in [9.17, 15) is 25.6 Å². The molecule has 2 aliphatic heterocycles. The van der Waals surface area contributed by atoms with E-state index < -0.39 is 33.4 Å². The van der Waals surface area contributed by atoms with Gasteiger partial charge in [0, 0.05) is 64.2 Å². The number of sulfonamides is 2. The summed E-state index contributed by atoms with van der Waals surface area (Å²) in [5, 5.41) is 6.58. The first-order valence-electron chi connectivity index (χ1n) is 18.1. The molecule has 4 heterocycles. The van der Waals surface area contributed by atoms with E-state index in [2.05, 4.69) is 39.8 Å². The van der Waals surface area contributed by atoms with Crippen LogP contribution in [0.1, 0.15) is 48.2 Å². The third kappa shape index (κ3) is 10.4. The minimum absolute atomic E-state index is 0.142. The molecule has 0 amide bonds. The summed E-state index contributed by atoms with van der Waals surface area (Å²) in [4.78, 5) is 13.7. The highest BCUT2D eigenvalue weighted by Gasteiger charge is 2.20. The largest absolute Gasteiger partial charge is 0.354 e. The van der Waals surface area contributed by atoms with Crippen LogP contribution in [0, 0.1) is 13.8 Å². The van der Waals surface area contributed by atoms with Crippen molar-refractivity contribution in [3.05, 3.63) is 95.3 Å². The molecular weight excluding hydrogens is 735 g/mol. The maximum atomic E-state index is 12.8. The summed E-state index contributed by atoms with van der Waals surface area (Å²) in [7, 11) is -7.46. The number of halogens is 2. The van der Waals surface area contributed by atoms with Crippen molar-refractivity contribution in [2.75, 3.05) is 85.0 Å². The van der Waals surface area contributed by atoms with Crippen LogP contribution >= 0.6 is 0 Å². The lowest BCUT2D eigenvalue weighted by Gasteiger charge is -2.28. The van der Waals surface area contributed by atoms with Gasteiger partial charge in [-0.3, -0.25) is 18.2 Å². The molecular formula is C38H50F2N8O4S2. The Bertz CT molecular complexity index is 1910. The Morgan fingerprint density at radius 2 is 0.926 bits per heavy atom. The van der Waals surface area contributed by atoms with Crippen LogP contribution in [0.25, 0.3) is 0 Å². The number of pyridine rings is 2. The van der Waals surface area contributed by atoms with Crippen molar-refractivity contribution in [1.29, 1.82) is 0 Å². The zero-order chi connectivity index (χ0) is 38.9. The molecule has 2 aromatic carbocycles. The van der Waals surface area contributed by atoms with E-state index >= 15 is 0 Å². The molecule has 2 saturated heterocycles. The number of rotatable bonds is 12. The quantitative estimate of drug-likeness (QED) is 0.148. The second-order valence-corrected chi connectivity index (χ2v) is 16.9. The Labute approximate surface area is 317 Å². The second kappa shape index (κ2) is 18.3. The Balaban J connectivity index is 0.000000208. The average molecular weight is 785 g/mol. The van der Waals surface area contributed by atoms with Gasteiger partial charge >= 0.3 is 0 Å². The first kappa shape index (κ1) is 40.8. The van der Waals surface area contributed by atoms with Gasteiger partial charge in [-0.05, 0) is 73.5 Å². The highest BCUT2D eigenvalue weighted by Crippen LogP contribution is 2.26. The van der Waals surface area contributed by atoms with Crippen molar-refractivity contribution >= 4 is 43.1 Å². The number of aryl methyl sites for hydroxylation is 2. The maximum absolute atomic E-state index is 12.8. The van der Waals surface area contributed by atoms with Crippen molar-refractivity contribution in [3.8, 4) is 0 Å². The lowest BCUT2D eigenvalue weighted by atomic mass is 10.0. The monoisotopic (exact) mass is 784 g/mol. The Morgan fingerprint density at radius 1 is 0.593 bits per heavy atom. The highest BCUT2D eigenvalue weighted by molar-refractivity contribution is 7.93. The minimum Gasteiger partial charge on any atom is -0.354 e. The fraction of sp³-hybridized carbons (Fsp3) is 0.421. The van der Waals surface area contributed by atoms with Gasteiger partial charge in [0.1, 0.15) is 11.6 Å². The number of anilines is 4. The molecule has 2 aliphatic rings. The second-order valence-electron chi connectivity index (χ2n) is 13.5. The smallest absolute Gasteiger partial charge is 0.261 e. The molecule has 54 heavy (non-hydrogen) atoms. The molecule has 16 heteroatoms. The molecule has 2 aromatic heterocycles. The normalized spacial score (nSPS) is 16.2. The van der Waals surface area contributed by atoms with E-state index in [4.69, 9.17) is 0 Å². The van der Waals surface area contributed by atoms with E-state index in [1.807, 2.05) is 12.1 Å². The maximum Gasteiger partial charge on any atom is 0.261 e. The van der Waals surface area contributed by atoms with Gasteiger partial charge in [0.05, 0.1) is 45.9 Å². The molecule has 2 fully saturated rings. The van der Waals surface area contributed by atoms with E-state index in [1.165, 1.54) is 24.3 Å². The fourth-order valence-corrected chi connectivity index (χ4v) is 8.22. The molecule has 292 valence electrons. The Kier molecular flexibility index (Phi) is 13.8. The van der Waals surface area contributed by atoms with Crippen LogP contribution in [0.2, 0.25) is 0 Å². The number of hydrogen-bond acceptors (Lipinski definition) is 10. The molecule has 0 saturated carbocycles. The van der Waals surface area contributed by atoms with Crippen LogP contribution in [0.5, 0.6) is 0 Å². The molecule has 4 N–H and O–H groups in total. The number of alkyl halides is 2. The molecule has 2 atom stereocenters. The summed E-state index contributed by atoms with van der Waals surface area (Å²) in [5.74, 6) is 1.19. The van der Waals surface area contributed by atoms with Gasteiger partial charge in [0.2, 0.25) is 0 Å². The van der Waals surface area contributed by atoms with E-state index in [0.29, 0.717) is 22.8 Å². The van der Waals surface area contributed by atoms with Crippen molar-refractivity contribution < 1.29 is 25.6 Å². The molecule has 0 radical (unpaired) electrons. The van der Waals surface area contributed by atoms with Crippen LogP contribution < -0.4 is 29.9 Å². The summed E-state index contributed by atoms with van der Waals surface area (Å²) < 4.78 is 81.4. The van der Waals surface area contributed by atoms with Gasteiger partial charge in [-0.2, -0.15) is 0 Å². The number of aromatic nitrogens is 2. The third-order valence-corrected chi connectivity index (χ3v) is 12.3. The van der Waals surface area contributed by atoms with Crippen LogP contribution in [0.15, 0.2) is 82.6 Å². The van der Waals surface area contributed by atoms with Gasteiger partial charge in [0.25, 0.3) is 20.0 Å².